The van der Waals surface area contributed by atoms with Crippen LogP contribution in [-0.2, 0) is 0 Å². The number of ether oxygens (including phenoxy) is 1. The summed E-state index contributed by atoms with van der Waals surface area (Å²) in [6.45, 7) is 5.12. The normalized spacial score (nSPS) is 32.0. The van der Waals surface area contributed by atoms with E-state index in [0.29, 0.717) is 37.7 Å². The number of nitrogens with zero attached hydrogens (tertiary/aromatic N) is 5. The number of aromatic nitrogens is 3. The lowest BCUT2D eigenvalue weighted by Gasteiger charge is -2.31. The number of alkyl halides is 1. The smallest absolute Gasteiger partial charge is 0.319 e. The molecule has 1 N–H and O–H groups in total. The summed E-state index contributed by atoms with van der Waals surface area (Å²) in [7, 11) is 2.08. The maximum Gasteiger partial charge on any atom is 0.319 e. The summed E-state index contributed by atoms with van der Waals surface area (Å²) < 4.78 is 20.2. The van der Waals surface area contributed by atoms with E-state index in [-0.39, 0.29) is 5.54 Å². The summed E-state index contributed by atoms with van der Waals surface area (Å²) in [4.78, 5) is 18.2. The van der Waals surface area contributed by atoms with Crippen LogP contribution in [0.5, 0.6) is 6.01 Å². The number of hydrogen-bond acceptors (Lipinski definition) is 7. The van der Waals surface area contributed by atoms with Crippen LogP contribution in [0.25, 0.3) is 10.9 Å². The van der Waals surface area contributed by atoms with E-state index in [9.17, 15) is 4.39 Å². The van der Waals surface area contributed by atoms with Crippen LogP contribution in [0.15, 0.2) is 18.5 Å². The van der Waals surface area contributed by atoms with Crippen LogP contribution < -0.4 is 15.0 Å². The molecule has 0 saturated carbocycles. The van der Waals surface area contributed by atoms with Gasteiger partial charge in [0.05, 0.1) is 16.4 Å². The molecule has 5 rings (SSSR count). The molecule has 3 fully saturated rings. The molecule has 0 spiro atoms. The zero-order valence-electron chi connectivity index (χ0n) is 17.1. The zero-order valence-corrected chi connectivity index (χ0v) is 17.1. The van der Waals surface area contributed by atoms with Gasteiger partial charge in [-0.25, -0.2) is 4.39 Å². The fraction of sp³-hybridized carbons (Fsp3) is 0.667. The minimum Gasteiger partial charge on any atom is -0.461 e. The second-order valence-electron chi connectivity index (χ2n) is 8.80. The number of likely N-dealkylation sites (N-methyl/N-ethyl adjacent to an activating group) is 1. The van der Waals surface area contributed by atoms with Gasteiger partial charge in [-0.15, -0.1) is 0 Å². The molecule has 2 aromatic rings. The van der Waals surface area contributed by atoms with Gasteiger partial charge in [0.15, 0.2) is 0 Å². The number of halogens is 1. The average Bonchev–Trinajstić information content (AvgIpc) is 3.39. The van der Waals surface area contributed by atoms with E-state index < -0.39 is 6.17 Å². The Morgan fingerprint density at radius 2 is 2.31 bits per heavy atom. The molecule has 2 unspecified atom stereocenters. The van der Waals surface area contributed by atoms with Crippen LogP contribution in [0.2, 0.25) is 0 Å². The monoisotopic (exact) mass is 400 g/mol. The lowest BCUT2D eigenvalue weighted by molar-refractivity contribution is 0.107. The van der Waals surface area contributed by atoms with E-state index in [1.165, 1.54) is 0 Å². The zero-order chi connectivity index (χ0) is 20.0. The first-order chi connectivity index (χ1) is 14.1. The van der Waals surface area contributed by atoms with Gasteiger partial charge in [0.1, 0.15) is 18.6 Å². The number of nitrogens with one attached hydrogen (secondary N) is 1. The highest BCUT2D eigenvalue weighted by atomic mass is 19.1. The topological polar surface area (TPSA) is 66.4 Å². The van der Waals surface area contributed by atoms with Gasteiger partial charge in [0.25, 0.3) is 0 Å². The largest absolute Gasteiger partial charge is 0.461 e. The first kappa shape index (κ1) is 18.9. The third-order valence-corrected chi connectivity index (χ3v) is 7.00. The molecule has 156 valence electrons. The number of fused-ring (bicyclic) bond motifs is 2. The van der Waals surface area contributed by atoms with Crippen molar-refractivity contribution in [2.45, 2.75) is 56.4 Å². The second kappa shape index (κ2) is 7.32. The van der Waals surface area contributed by atoms with E-state index in [4.69, 9.17) is 9.72 Å². The molecule has 0 radical (unpaired) electrons. The lowest BCUT2D eigenvalue weighted by Crippen LogP contribution is -2.43. The summed E-state index contributed by atoms with van der Waals surface area (Å²) in [5.74, 6) is 0.842. The fourth-order valence-corrected chi connectivity index (χ4v) is 5.45. The molecule has 2 aromatic heterocycles. The molecule has 8 heteroatoms. The Hall–Kier alpha value is -2.06. The molecule has 29 heavy (non-hydrogen) atoms. The van der Waals surface area contributed by atoms with Crippen molar-refractivity contribution < 1.29 is 9.13 Å². The lowest BCUT2D eigenvalue weighted by atomic mass is 9.95. The highest BCUT2D eigenvalue weighted by molar-refractivity contribution is 5.89. The number of pyridine rings is 1. The van der Waals surface area contributed by atoms with E-state index >= 15 is 0 Å². The molecule has 5 heterocycles. The van der Waals surface area contributed by atoms with E-state index in [0.717, 1.165) is 49.1 Å². The maximum atomic E-state index is 14.1. The Bertz CT molecular complexity index is 897. The number of rotatable bonds is 5. The van der Waals surface area contributed by atoms with Crippen molar-refractivity contribution in [1.29, 1.82) is 0 Å². The Labute approximate surface area is 170 Å². The van der Waals surface area contributed by atoms with Crippen molar-refractivity contribution in [2.75, 3.05) is 38.2 Å². The summed E-state index contributed by atoms with van der Waals surface area (Å²) in [6, 6.07) is 3.00. The van der Waals surface area contributed by atoms with E-state index in [1.807, 2.05) is 12.3 Å². The molecule has 0 bridgehead atoms. The van der Waals surface area contributed by atoms with E-state index in [2.05, 4.69) is 39.1 Å². The van der Waals surface area contributed by atoms with Gasteiger partial charge >= 0.3 is 6.01 Å². The quantitative estimate of drug-likeness (QED) is 0.825. The second-order valence-corrected chi connectivity index (χ2v) is 8.80. The molecule has 0 amide bonds. The summed E-state index contributed by atoms with van der Waals surface area (Å²) in [5.41, 5.74) is 0.618. The van der Waals surface area contributed by atoms with Gasteiger partial charge in [-0.05, 0) is 45.3 Å². The third kappa shape index (κ3) is 3.32. The fourth-order valence-electron chi connectivity index (χ4n) is 5.45. The standard InChI is InChI=1S/C21H29FN6O/c1-14-18(5-8-24-14)27(2)19-16-11-23-7-4-17(16)25-20(26-19)29-13-21-6-3-9-28(21)12-15(22)10-21/h4,7,11,14-15,18,24H,3,5-6,8-10,12-13H2,1-2H3/t14?,15-,18?,21+/m1/s1. The van der Waals surface area contributed by atoms with Gasteiger partial charge in [-0.1, -0.05) is 0 Å². The highest BCUT2D eigenvalue weighted by Gasteiger charge is 2.49. The van der Waals surface area contributed by atoms with Crippen molar-refractivity contribution in [3.63, 3.8) is 0 Å². The molecule has 3 saturated heterocycles. The Morgan fingerprint density at radius 3 is 3.14 bits per heavy atom. The molecule has 0 aromatic carbocycles. The molecular weight excluding hydrogens is 371 g/mol. The van der Waals surface area contributed by atoms with Gasteiger partial charge in [0, 0.05) is 44.5 Å². The van der Waals surface area contributed by atoms with Crippen LogP contribution in [-0.4, -0.2) is 76.9 Å². The first-order valence-electron chi connectivity index (χ1n) is 10.7. The van der Waals surface area contributed by atoms with Crippen LogP contribution in [0.4, 0.5) is 10.2 Å². The van der Waals surface area contributed by atoms with Crippen molar-refractivity contribution >= 4 is 16.7 Å². The molecule has 3 aliphatic heterocycles. The van der Waals surface area contributed by atoms with Crippen molar-refractivity contribution in [1.82, 2.24) is 25.2 Å². The Morgan fingerprint density at radius 1 is 1.41 bits per heavy atom. The van der Waals surface area contributed by atoms with Gasteiger partial charge in [0.2, 0.25) is 0 Å². The van der Waals surface area contributed by atoms with Gasteiger partial charge < -0.3 is 15.0 Å². The maximum absolute atomic E-state index is 14.1. The Kier molecular flexibility index (Phi) is 4.78. The van der Waals surface area contributed by atoms with Gasteiger partial charge in [-0.2, -0.15) is 9.97 Å². The molecule has 0 aliphatic carbocycles. The number of hydrogen-bond donors (Lipinski definition) is 1. The summed E-state index contributed by atoms with van der Waals surface area (Å²) in [6.07, 6.45) is 6.48. The minimum absolute atomic E-state index is 0.202. The molecule has 4 atom stereocenters. The SMILES string of the molecule is CC1NCCC1N(C)c1nc(OC[C@@]23CCCN2C[C@H](F)C3)nc2ccncc12. The average molecular weight is 401 g/mol. The molecule has 3 aliphatic rings. The van der Waals surface area contributed by atoms with Crippen LogP contribution in [0.1, 0.15) is 32.6 Å². The van der Waals surface area contributed by atoms with Crippen molar-refractivity contribution in [3.05, 3.63) is 18.5 Å². The summed E-state index contributed by atoms with van der Waals surface area (Å²) >= 11 is 0. The first-order valence-corrected chi connectivity index (χ1v) is 10.7. The van der Waals surface area contributed by atoms with Crippen LogP contribution >= 0.6 is 0 Å². The van der Waals surface area contributed by atoms with Crippen LogP contribution in [0, 0.1) is 0 Å². The van der Waals surface area contributed by atoms with Crippen LogP contribution in [0.3, 0.4) is 0 Å². The van der Waals surface area contributed by atoms with Gasteiger partial charge in [-0.3, -0.25) is 9.88 Å². The highest BCUT2D eigenvalue weighted by Crippen LogP contribution is 2.40. The molecular formula is C21H29FN6O. The van der Waals surface area contributed by atoms with Crippen molar-refractivity contribution in [2.24, 2.45) is 0 Å². The third-order valence-electron chi connectivity index (χ3n) is 7.00. The summed E-state index contributed by atoms with van der Waals surface area (Å²) in [5, 5.41) is 4.42. The Balaban J connectivity index is 1.44. The predicted octanol–water partition coefficient (Wildman–Crippen LogP) is 2.17. The number of anilines is 1. The minimum atomic E-state index is -0.763. The molecule has 7 nitrogen and oxygen atoms in total. The van der Waals surface area contributed by atoms with E-state index in [1.54, 1.807) is 6.20 Å². The predicted molar refractivity (Wildman–Crippen MR) is 110 cm³/mol. The van der Waals surface area contributed by atoms with Crippen molar-refractivity contribution in [3.8, 4) is 6.01 Å².